The van der Waals surface area contributed by atoms with Crippen molar-refractivity contribution in [2.75, 3.05) is 26.7 Å². The van der Waals surface area contributed by atoms with Crippen LogP contribution in [0.3, 0.4) is 0 Å². The van der Waals surface area contributed by atoms with Gasteiger partial charge in [-0.25, -0.2) is 0 Å². The summed E-state index contributed by atoms with van der Waals surface area (Å²) in [6, 6.07) is 10.0. The van der Waals surface area contributed by atoms with Gasteiger partial charge < -0.3 is 14.5 Å². The molecule has 2 aromatic rings. The standard InChI is InChI=1S/C21H26N4O3/c1-14-17(15(2)23-22-14)11-19(26)25-10-9-21(16-7-5-4-6-8-16)18(12-25)28-13-20(27)24(21)3/h4-8,18H,9-13H2,1-3H3,(H,22,23)/t18-,21+/m1/s1. The van der Waals surface area contributed by atoms with Crippen molar-refractivity contribution >= 4 is 11.8 Å². The van der Waals surface area contributed by atoms with Crippen LogP contribution in [0.4, 0.5) is 0 Å². The monoisotopic (exact) mass is 382 g/mol. The van der Waals surface area contributed by atoms with Gasteiger partial charge in [0.25, 0.3) is 0 Å². The number of carbonyl (C=O) groups excluding carboxylic acids is 2. The SMILES string of the molecule is Cc1n[nH]c(C)c1CC(=O)N1CC[C@]2(c3ccccc3)[C@@H](C1)OCC(=O)N2C. The lowest BCUT2D eigenvalue weighted by Gasteiger charge is -2.54. The summed E-state index contributed by atoms with van der Waals surface area (Å²) in [4.78, 5) is 29.1. The molecule has 0 unspecified atom stereocenters. The number of piperidine rings is 1. The van der Waals surface area contributed by atoms with E-state index in [1.54, 1.807) is 0 Å². The fourth-order valence-corrected chi connectivity index (χ4v) is 4.55. The molecule has 0 aliphatic carbocycles. The van der Waals surface area contributed by atoms with E-state index in [0.717, 1.165) is 22.5 Å². The van der Waals surface area contributed by atoms with Gasteiger partial charge >= 0.3 is 0 Å². The predicted octanol–water partition coefficient (Wildman–Crippen LogP) is 1.55. The lowest BCUT2D eigenvalue weighted by Crippen LogP contribution is -2.67. The van der Waals surface area contributed by atoms with Crippen LogP contribution in [-0.4, -0.2) is 64.7 Å². The third-order valence-electron chi connectivity index (χ3n) is 6.30. The first-order valence-electron chi connectivity index (χ1n) is 9.65. The van der Waals surface area contributed by atoms with Crippen LogP contribution in [-0.2, 0) is 26.3 Å². The minimum atomic E-state index is -0.533. The third kappa shape index (κ3) is 2.90. The second kappa shape index (κ2) is 7.05. The van der Waals surface area contributed by atoms with Crippen molar-refractivity contribution in [3.63, 3.8) is 0 Å². The van der Waals surface area contributed by atoms with Crippen LogP contribution < -0.4 is 0 Å². The third-order valence-corrected chi connectivity index (χ3v) is 6.30. The van der Waals surface area contributed by atoms with Crippen LogP contribution in [0.25, 0.3) is 0 Å². The summed E-state index contributed by atoms with van der Waals surface area (Å²) >= 11 is 0. The van der Waals surface area contributed by atoms with Gasteiger partial charge in [0.1, 0.15) is 12.7 Å². The Morgan fingerprint density at radius 2 is 2.07 bits per heavy atom. The number of hydrogen-bond donors (Lipinski definition) is 1. The first kappa shape index (κ1) is 18.7. The molecular formula is C21H26N4O3. The fourth-order valence-electron chi connectivity index (χ4n) is 4.55. The van der Waals surface area contributed by atoms with Gasteiger partial charge in [0.15, 0.2) is 0 Å². The zero-order chi connectivity index (χ0) is 19.9. The van der Waals surface area contributed by atoms with Crippen molar-refractivity contribution in [1.29, 1.82) is 0 Å². The molecule has 0 bridgehead atoms. The van der Waals surface area contributed by atoms with E-state index < -0.39 is 5.54 Å². The number of ether oxygens (including phenoxy) is 1. The summed E-state index contributed by atoms with van der Waals surface area (Å²) in [5, 5.41) is 7.12. The largest absolute Gasteiger partial charge is 0.364 e. The first-order chi connectivity index (χ1) is 13.4. The van der Waals surface area contributed by atoms with E-state index >= 15 is 0 Å². The molecule has 2 aliphatic heterocycles. The van der Waals surface area contributed by atoms with Crippen molar-refractivity contribution in [2.45, 2.75) is 38.3 Å². The molecule has 4 rings (SSSR count). The van der Waals surface area contributed by atoms with Crippen molar-refractivity contribution in [1.82, 2.24) is 20.0 Å². The van der Waals surface area contributed by atoms with Crippen molar-refractivity contribution in [2.24, 2.45) is 0 Å². The molecule has 2 fully saturated rings. The number of likely N-dealkylation sites (tertiary alicyclic amines) is 1. The van der Waals surface area contributed by atoms with E-state index in [0.29, 0.717) is 25.9 Å². The molecular weight excluding hydrogens is 356 g/mol. The van der Waals surface area contributed by atoms with E-state index in [4.69, 9.17) is 4.74 Å². The van der Waals surface area contributed by atoms with Crippen LogP contribution in [0.5, 0.6) is 0 Å². The number of benzene rings is 1. The maximum Gasteiger partial charge on any atom is 0.249 e. The molecule has 2 atom stereocenters. The molecule has 3 heterocycles. The Hall–Kier alpha value is -2.67. The number of rotatable bonds is 3. The number of nitrogens with one attached hydrogen (secondary N) is 1. The quantitative estimate of drug-likeness (QED) is 0.874. The maximum absolute atomic E-state index is 13.0. The van der Waals surface area contributed by atoms with Crippen LogP contribution in [0.1, 0.15) is 28.9 Å². The summed E-state index contributed by atoms with van der Waals surface area (Å²) in [5.41, 5.74) is 3.28. The Bertz CT molecular complexity index is 875. The average Bonchev–Trinajstić information content (AvgIpc) is 3.03. The highest BCUT2D eigenvalue weighted by Crippen LogP contribution is 2.42. The molecule has 28 heavy (non-hydrogen) atoms. The van der Waals surface area contributed by atoms with Crippen LogP contribution in [0, 0.1) is 13.8 Å². The van der Waals surface area contributed by atoms with Crippen LogP contribution >= 0.6 is 0 Å². The number of nitrogens with zero attached hydrogens (tertiary/aromatic N) is 3. The number of H-pyrrole nitrogens is 1. The predicted molar refractivity (Wildman–Crippen MR) is 104 cm³/mol. The van der Waals surface area contributed by atoms with Gasteiger partial charge in [-0.2, -0.15) is 5.10 Å². The second-order valence-electron chi connectivity index (χ2n) is 7.72. The summed E-state index contributed by atoms with van der Waals surface area (Å²) < 4.78 is 5.98. The van der Waals surface area contributed by atoms with Crippen molar-refractivity contribution in [3.8, 4) is 0 Å². The van der Waals surface area contributed by atoms with Gasteiger partial charge in [0, 0.05) is 31.4 Å². The molecule has 2 aliphatic rings. The van der Waals surface area contributed by atoms with Crippen LogP contribution in [0.15, 0.2) is 30.3 Å². The first-order valence-corrected chi connectivity index (χ1v) is 9.65. The number of carbonyl (C=O) groups is 2. The van der Waals surface area contributed by atoms with E-state index in [-0.39, 0.29) is 24.5 Å². The molecule has 7 heteroatoms. The fraction of sp³-hybridized carbons (Fsp3) is 0.476. The minimum absolute atomic E-state index is 0.0236. The van der Waals surface area contributed by atoms with E-state index in [9.17, 15) is 9.59 Å². The number of morpholine rings is 1. The zero-order valence-electron chi connectivity index (χ0n) is 16.6. The molecule has 7 nitrogen and oxygen atoms in total. The molecule has 148 valence electrons. The highest BCUT2D eigenvalue weighted by atomic mass is 16.5. The number of hydrogen-bond acceptors (Lipinski definition) is 4. The van der Waals surface area contributed by atoms with E-state index in [1.165, 1.54) is 0 Å². The summed E-state index contributed by atoms with van der Waals surface area (Å²) in [7, 11) is 1.85. The molecule has 2 amide bonds. The van der Waals surface area contributed by atoms with Gasteiger partial charge in [0.05, 0.1) is 17.7 Å². The Kier molecular flexibility index (Phi) is 4.71. The molecule has 0 radical (unpaired) electrons. The second-order valence-corrected chi connectivity index (χ2v) is 7.72. The van der Waals surface area contributed by atoms with Crippen molar-refractivity contribution in [3.05, 3.63) is 52.8 Å². The highest BCUT2D eigenvalue weighted by molar-refractivity contribution is 5.81. The highest BCUT2D eigenvalue weighted by Gasteiger charge is 2.53. The molecule has 1 aromatic carbocycles. The molecule has 1 N–H and O–H groups in total. The lowest BCUT2D eigenvalue weighted by molar-refractivity contribution is -0.184. The zero-order valence-corrected chi connectivity index (χ0v) is 16.6. The number of amides is 2. The van der Waals surface area contributed by atoms with Gasteiger partial charge in [-0.1, -0.05) is 30.3 Å². The minimum Gasteiger partial charge on any atom is -0.364 e. The Morgan fingerprint density at radius 3 is 2.75 bits per heavy atom. The summed E-state index contributed by atoms with van der Waals surface area (Å²) in [6.45, 7) is 4.96. The smallest absolute Gasteiger partial charge is 0.249 e. The topological polar surface area (TPSA) is 78.5 Å². The summed E-state index contributed by atoms with van der Waals surface area (Å²) in [6.07, 6.45) is 0.731. The molecule has 2 saturated heterocycles. The maximum atomic E-state index is 13.0. The normalized spacial score (nSPS) is 25.0. The average molecular weight is 382 g/mol. The number of aromatic nitrogens is 2. The van der Waals surface area contributed by atoms with Crippen LogP contribution in [0.2, 0.25) is 0 Å². The van der Waals surface area contributed by atoms with Gasteiger partial charge in [0.2, 0.25) is 11.8 Å². The van der Waals surface area contributed by atoms with Gasteiger partial charge in [-0.05, 0) is 25.8 Å². The van der Waals surface area contributed by atoms with Gasteiger partial charge in [-0.15, -0.1) is 0 Å². The number of aryl methyl sites for hydroxylation is 2. The molecule has 0 saturated carbocycles. The lowest BCUT2D eigenvalue weighted by atomic mass is 9.76. The van der Waals surface area contributed by atoms with E-state index in [2.05, 4.69) is 10.2 Å². The Balaban J connectivity index is 1.59. The van der Waals surface area contributed by atoms with E-state index in [1.807, 2.05) is 61.0 Å². The van der Waals surface area contributed by atoms with Gasteiger partial charge in [-0.3, -0.25) is 14.7 Å². The molecule has 1 aromatic heterocycles. The Labute approximate surface area is 164 Å². The number of likely N-dealkylation sites (N-methyl/N-ethyl adjacent to an activating group) is 1. The number of fused-ring (bicyclic) bond motifs is 1. The van der Waals surface area contributed by atoms with Crippen molar-refractivity contribution < 1.29 is 14.3 Å². The Morgan fingerprint density at radius 1 is 1.32 bits per heavy atom. The number of aromatic amines is 1. The molecule has 0 spiro atoms. The summed E-state index contributed by atoms with van der Waals surface area (Å²) in [5.74, 6) is 0.0435.